The first-order valence-corrected chi connectivity index (χ1v) is 11.2. The molecule has 0 aliphatic rings. The van der Waals surface area contributed by atoms with Gasteiger partial charge in [-0.3, -0.25) is 9.10 Å². The highest BCUT2D eigenvalue weighted by Gasteiger charge is 2.28. The second-order valence-corrected chi connectivity index (χ2v) is 9.26. The van der Waals surface area contributed by atoms with Crippen LogP contribution in [0.4, 0.5) is 5.69 Å². The number of benzene rings is 3. The van der Waals surface area contributed by atoms with Crippen molar-refractivity contribution in [1.82, 2.24) is 4.90 Å². The van der Waals surface area contributed by atoms with Crippen LogP contribution in [0.2, 0.25) is 5.02 Å². The van der Waals surface area contributed by atoms with Gasteiger partial charge in [0.25, 0.3) is 10.0 Å². The predicted octanol–water partition coefficient (Wildman–Crippen LogP) is 4.50. The Hall–Kier alpha value is -2.83. The van der Waals surface area contributed by atoms with Gasteiger partial charge >= 0.3 is 0 Å². The second kappa shape index (κ2) is 9.32. The van der Waals surface area contributed by atoms with Gasteiger partial charge in [0.15, 0.2) is 0 Å². The van der Waals surface area contributed by atoms with E-state index in [-0.39, 0.29) is 17.3 Å². The largest absolute Gasteiger partial charge is 0.340 e. The summed E-state index contributed by atoms with van der Waals surface area (Å²) in [6.45, 7) is 1.88. The molecule has 0 radical (unpaired) electrons. The maximum Gasteiger partial charge on any atom is 0.264 e. The Labute approximate surface area is 182 Å². The molecule has 3 aromatic rings. The van der Waals surface area contributed by atoms with Gasteiger partial charge in [0.1, 0.15) is 6.54 Å². The van der Waals surface area contributed by atoms with Crippen LogP contribution in [0.3, 0.4) is 0 Å². The third kappa shape index (κ3) is 5.01. The first kappa shape index (κ1) is 21.9. The molecule has 0 aliphatic heterocycles. The maximum atomic E-state index is 13.4. The number of aryl methyl sites for hydroxylation is 1. The molecular formula is C23H23ClN2O3S. The molecule has 0 aromatic heterocycles. The van der Waals surface area contributed by atoms with Gasteiger partial charge in [0.2, 0.25) is 5.91 Å². The predicted molar refractivity (Wildman–Crippen MR) is 120 cm³/mol. The smallest absolute Gasteiger partial charge is 0.264 e. The van der Waals surface area contributed by atoms with E-state index in [0.29, 0.717) is 17.3 Å². The summed E-state index contributed by atoms with van der Waals surface area (Å²) in [5, 5.41) is 0.436. The van der Waals surface area contributed by atoms with E-state index < -0.39 is 10.0 Å². The minimum absolute atomic E-state index is 0.111. The monoisotopic (exact) mass is 442 g/mol. The van der Waals surface area contributed by atoms with Crippen LogP contribution >= 0.6 is 11.6 Å². The number of likely N-dealkylation sites (N-methyl/N-ethyl adjacent to an activating group) is 1. The molecule has 1 amide bonds. The van der Waals surface area contributed by atoms with E-state index in [0.717, 1.165) is 15.4 Å². The number of carbonyl (C=O) groups excluding carboxylic acids is 1. The molecule has 0 unspecified atom stereocenters. The highest BCUT2D eigenvalue weighted by Crippen LogP contribution is 2.28. The van der Waals surface area contributed by atoms with Crippen LogP contribution < -0.4 is 4.31 Å². The number of carbonyl (C=O) groups is 1. The summed E-state index contributed by atoms with van der Waals surface area (Å²) in [7, 11) is -2.30. The lowest BCUT2D eigenvalue weighted by atomic mass is 10.2. The van der Waals surface area contributed by atoms with Gasteiger partial charge in [0, 0.05) is 18.6 Å². The van der Waals surface area contributed by atoms with E-state index >= 15 is 0 Å². The summed E-state index contributed by atoms with van der Waals surface area (Å²) >= 11 is 6.24. The molecule has 0 spiro atoms. The highest BCUT2D eigenvalue weighted by molar-refractivity contribution is 7.92. The number of hydrogen-bond donors (Lipinski definition) is 0. The molecule has 0 bridgehead atoms. The van der Waals surface area contributed by atoms with Crippen molar-refractivity contribution in [2.24, 2.45) is 0 Å². The summed E-state index contributed by atoms with van der Waals surface area (Å²) in [5.41, 5.74) is 2.13. The summed E-state index contributed by atoms with van der Waals surface area (Å²) in [5.74, 6) is -0.324. The van der Waals surface area contributed by atoms with Gasteiger partial charge in [0.05, 0.1) is 10.6 Å². The zero-order valence-corrected chi connectivity index (χ0v) is 18.4. The number of hydrogen-bond acceptors (Lipinski definition) is 3. The molecule has 156 valence electrons. The Bertz CT molecular complexity index is 1120. The van der Waals surface area contributed by atoms with Crippen LogP contribution in [0.25, 0.3) is 0 Å². The Balaban J connectivity index is 1.93. The normalized spacial score (nSPS) is 11.2. The fourth-order valence-electron chi connectivity index (χ4n) is 2.96. The standard InChI is InChI=1S/C23H23ClN2O3S/c1-18-13-14-20(15-22(18)24)26(30(28,29)21-11-7-4-8-12-21)17-23(27)25(2)16-19-9-5-3-6-10-19/h3-15H,16-17H2,1-2H3. The van der Waals surface area contributed by atoms with Crippen molar-refractivity contribution >= 4 is 33.2 Å². The molecule has 30 heavy (non-hydrogen) atoms. The van der Waals surface area contributed by atoms with Gasteiger partial charge in [-0.1, -0.05) is 66.2 Å². The van der Waals surface area contributed by atoms with Crippen LogP contribution in [0.5, 0.6) is 0 Å². The molecule has 5 nitrogen and oxygen atoms in total. The summed E-state index contributed by atoms with van der Waals surface area (Å²) < 4.78 is 27.8. The van der Waals surface area contributed by atoms with E-state index in [4.69, 9.17) is 11.6 Å². The fourth-order valence-corrected chi connectivity index (χ4v) is 4.56. The van der Waals surface area contributed by atoms with Gasteiger partial charge in [-0.15, -0.1) is 0 Å². The molecule has 0 saturated carbocycles. The third-order valence-electron chi connectivity index (χ3n) is 4.74. The molecule has 0 saturated heterocycles. The molecule has 3 aromatic carbocycles. The third-order valence-corrected chi connectivity index (χ3v) is 6.94. The average Bonchev–Trinajstić information content (AvgIpc) is 2.75. The molecule has 0 fully saturated rings. The van der Waals surface area contributed by atoms with Crippen molar-refractivity contribution in [3.63, 3.8) is 0 Å². The molecule has 0 heterocycles. The lowest BCUT2D eigenvalue weighted by Gasteiger charge is -2.27. The van der Waals surface area contributed by atoms with Gasteiger partial charge in [-0.25, -0.2) is 8.42 Å². The minimum Gasteiger partial charge on any atom is -0.340 e. The number of sulfonamides is 1. The number of halogens is 1. The summed E-state index contributed by atoms with van der Waals surface area (Å²) in [6.07, 6.45) is 0. The topological polar surface area (TPSA) is 57.7 Å². The molecule has 0 N–H and O–H groups in total. The van der Waals surface area contributed by atoms with Crippen LogP contribution in [0.1, 0.15) is 11.1 Å². The van der Waals surface area contributed by atoms with Gasteiger partial charge in [-0.05, 0) is 42.3 Å². The van der Waals surface area contributed by atoms with Crippen LogP contribution in [-0.4, -0.2) is 32.8 Å². The lowest BCUT2D eigenvalue weighted by molar-refractivity contribution is -0.128. The van der Waals surface area contributed by atoms with E-state index in [2.05, 4.69) is 0 Å². The first-order chi connectivity index (χ1) is 14.3. The van der Waals surface area contributed by atoms with Crippen LogP contribution in [0.15, 0.2) is 83.8 Å². The van der Waals surface area contributed by atoms with E-state index in [1.165, 1.54) is 17.0 Å². The first-order valence-electron chi connectivity index (χ1n) is 9.41. The van der Waals surface area contributed by atoms with Gasteiger partial charge < -0.3 is 4.90 Å². The van der Waals surface area contributed by atoms with Crippen molar-refractivity contribution in [2.45, 2.75) is 18.4 Å². The van der Waals surface area contributed by atoms with Crippen molar-refractivity contribution < 1.29 is 13.2 Å². The zero-order valence-electron chi connectivity index (χ0n) is 16.8. The number of anilines is 1. The van der Waals surface area contributed by atoms with Crippen molar-refractivity contribution in [1.29, 1.82) is 0 Å². The van der Waals surface area contributed by atoms with Crippen LogP contribution in [-0.2, 0) is 21.4 Å². The summed E-state index contributed by atoms with van der Waals surface area (Å²) in [4.78, 5) is 14.6. The van der Waals surface area contributed by atoms with Crippen LogP contribution in [0, 0.1) is 6.92 Å². The Kier molecular flexibility index (Phi) is 6.80. The fraction of sp³-hybridized carbons (Fsp3) is 0.174. The number of amides is 1. The Morgan fingerprint density at radius 1 is 0.933 bits per heavy atom. The Morgan fingerprint density at radius 2 is 1.53 bits per heavy atom. The molecule has 3 rings (SSSR count). The SMILES string of the molecule is Cc1ccc(N(CC(=O)N(C)Cc2ccccc2)S(=O)(=O)c2ccccc2)cc1Cl. The lowest BCUT2D eigenvalue weighted by Crippen LogP contribution is -2.41. The van der Waals surface area contributed by atoms with E-state index in [1.807, 2.05) is 37.3 Å². The Morgan fingerprint density at radius 3 is 2.13 bits per heavy atom. The zero-order chi connectivity index (χ0) is 21.7. The van der Waals surface area contributed by atoms with Crippen molar-refractivity contribution in [2.75, 3.05) is 17.9 Å². The number of rotatable bonds is 7. The van der Waals surface area contributed by atoms with Crippen molar-refractivity contribution in [3.05, 3.63) is 95.0 Å². The van der Waals surface area contributed by atoms with E-state index in [1.54, 1.807) is 43.4 Å². The second-order valence-electron chi connectivity index (χ2n) is 6.99. The minimum atomic E-state index is -3.96. The summed E-state index contributed by atoms with van der Waals surface area (Å²) in [6, 6.07) is 22.6. The molecule has 7 heteroatoms. The quantitative estimate of drug-likeness (QED) is 0.541. The molecular weight excluding hydrogens is 420 g/mol. The average molecular weight is 443 g/mol. The van der Waals surface area contributed by atoms with E-state index in [9.17, 15) is 13.2 Å². The molecule has 0 aliphatic carbocycles. The number of nitrogens with zero attached hydrogens (tertiary/aromatic N) is 2. The molecule has 0 atom stereocenters. The van der Waals surface area contributed by atoms with Gasteiger partial charge in [-0.2, -0.15) is 0 Å². The van der Waals surface area contributed by atoms with Crippen molar-refractivity contribution in [3.8, 4) is 0 Å². The highest BCUT2D eigenvalue weighted by atomic mass is 35.5. The maximum absolute atomic E-state index is 13.4.